The minimum atomic E-state index is -0.214. The molecule has 1 aromatic rings. The summed E-state index contributed by atoms with van der Waals surface area (Å²) in [6, 6.07) is 4.85. The molecule has 3 heteroatoms. The van der Waals surface area contributed by atoms with E-state index in [0.29, 0.717) is 0 Å². The molecular formula is C19H24FNO. The Morgan fingerprint density at radius 2 is 2.00 bits per heavy atom. The van der Waals surface area contributed by atoms with Crippen molar-refractivity contribution in [2.45, 2.75) is 57.9 Å². The molecular weight excluding hydrogens is 277 g/mol. The van der Waals surface area contributed by atoms with Gasteiger partial charge in [-0.1, -0.05) is 19.3 Å². The quantitative estimate of drug-likeness (QED) is 0.828. The molecule has 1 heterocycles. The second kappa shape index (κ2) is 5.86. The number of allylic oxidation sites excluding steroid dienone is 1. The Morgan fingerprint density at radius 3 is 2.73 bits per heavy atom. The highest BCUT2D eigenvalue weighted by Gasteiger charge is 2.29. The van der Waals surface area contributed by atoms with E-state index in [2.05, 4.69) is 19.2 Å². The topological polar surface area (TPSA) is 29.1 Å². The highest BCUT2D eigenvalue weighted by Crippen LogP contribution is 2.31. The fraction of sp³-hybridized carbons (Fsp3) is 0.526. The van der Waals surface area contributed by atoms with Crippen LogP contribution in [0.3, 0.4) is 0 Å². The van der Waals surface area contributed by atoms with E-state index in [9.17, 15) is 9.18 Å². The molecule has 1 aliphatic heterocycles. The normalized spacial score (nSPS) is 23.0. The van der Waals surface area contributed by atoms with Gasteiger partial charge in [0.05, 0.1) is 0 Å². The number of nitrogens with one attached hydrogen (secondary N) is 1. The third-order valence-electron chi connectivity index (χ3n) is 4.76. The van der Waals surface area contributed by atoms with Gasteiger partial charge in [0.2, 0.25) is 0 Å². The maximum Gasteiger partial charge on any atom is 0.160 e. The van der Waals surface area contributed by atoms with Crippen molar-refractivity contribution < 1.29 is 9.18 Å². The van der Waals surface area contributed by atoms with Crippen LogP contribution in [0.15, 0.2) is 24.3 Å². The molecule has 22 heavy (non-hydrogen) atoms. The zero-order valence-corrected chi connectivity index (χ0v) is 13.4. The molecule has 0 aromatic heterocycles. The second-order valence-electron chi connectivity index (χ2n) is 7.28. The van der Waals surface area contributed by atoms with Gasteiger partial charge in [0.15, 0.2) is 5.78 Å². The molecule has 0 unspecified atom stereocenters. The fourth-order valence-electron chi connectivity index (χ4n) is 3.68. The van der Waals surface area contributed by atoms with Crippen LogP contribution in [0.1, 0.15) is 57.1 Å². The van der Waals surface area contributed by atoms with Gasteiger partial charge in [0, 0.05) is 28.8 Å². The summed E-state index contributed by atoms with van der Waals surface area (Å²) in [4.78, 5) is 12.6. The summed E-state index contributed by atoms with van der Waals surface area (Å²) in [6.07, 6.45) is 8.07. The smallest absolute Gasteiger partial charge is 0.160 e. The van der Waals surface area contributed by atoms with E-state index in [1.807, 2.05) is 0 Å². The lowest BCUT2D eigenvalue weighted by atomic mass is 9.83. The molecule has 1 aliphatic carbocycles. The van der Waals surface area contributed by atoms with Crippen LogP contribution < -0.4 is 5.32 Å². The van der Waals surface area contributed by atoms with E-state index < -0.39 is 0 Å². The summed E-state index contributed by atoms with van der Waals surface area (Å²) in [6.45, 7) is 4.17. The minimum absolute atomic E-state index is 0.164. The summed E-state index contributed by atoms with van der Waals surface area (Å²) in [5, 5.41) is 3.46. The Balaban J connectivity index is 1.92. The van der Waals surface area contributed by atoms with Gasteiger partial charge in [-0.3, -0.25) is 4.79 Å². The second-order valence-corrected chi connectivity index (χ2v) is 7.28. The van der Waals surface area contributed by atoms with Crippen LogP contribution in [0, 0.1) is 11.7 Å². The summed E-state index contributed by atoms with van der Waals surface area (Å²) in [5.74, 6) is 0.168. The van der Waals surface area contributed by atoms with Crippen molar-refractivity contribution in [1.82, 2.24) is 5.32 Å². The third-order valence-corrected chi connectivity index (χ3v) is 4.76. The first-order valence-electron chi connectivity index (χ1n) is 8.27. The molecule has 1 fully saturated rings. The monoisotopic (exact) mass is 301 g/mol. The van der Waals surface area contributed by atoms with Crippen molar-refractivity contribution >= 4 is 11.5 Å². The molecule has 0 amide bonds. The van der Waals surface area contributed by atoms with Crippen LogP contribution in [0.2, 0.25) is 0 Å². The number of ketones is 1. The average Bonchev–Trinajstić information content (AvgIpc) is 2.46. The standard InChI is InChI=1S/C19H24FNO/c1-19(2)12-14-10-15(20)8-9-16(14)17(21-19)11-18(22)13-6-4-3-5-7-13/h8-11,13,21H,3-7,12H2,1-2H3/b17-11-. The molecule has 1 aromatic carbocycles. The number of benzene rings is 1. The third kappa shape index (κ3) is 3.23. The Kier molecular flexibility index (Phi) is 4.07. The Bertz CT molecular complexity index is 612. The van der Waals surface area contributed by atoms with Gasteiger partial charge in [0.25, 0.3) is 0 Å². The predicted molar refractivity (Wildman–Crippen MR) is 86.9 cm³/mol. The predicted octanol–water partition coefficient (Wildman–Crippen LogP) is 4.24. The Labute approximate surface area is 131 Å². The zero-order valence-electron chi connectivity index (χ0n) is 13.4. The summed E-state index contributed by atoms with van der Waals surface area (Å²) in [7, 11) is 0. The van der Waals surface area contributed by atoms with Gasteiger partial charge in [-0.05, 0) is 56.9 Å². The molecule has 1 N–H and O–H groups in total. The van der Waals surface area contributed by atoms with Crippen LogP contribution in [0.25, 0.3) is 5.70 Å². The highest BCUT2D eigenvalue weighted by molar-refractivity contribution is 5.98. The van der Waals surface area contributed by atoms with Gasteiger partial charge in [0.1, 0.15) is 5.82 Å². The van der Waals surface area contributed by atoms with Gasteiger partial charge >= 0.3 is 0 Å². The van der Waals surface area contributed by atoms with Crippen LogP contribution in [-0.4, -0.2) is 11.3 Å². The highest BCUT2D eigenvalue weighted by atomic mass is 19.1. The van der Waals surface area contributed by atoms with Crippen LogP contribution >= 0.6 is 0 Å². The molecule has 2 aliphatic rings. The molecule has 3 rings (SSSR count). The number of hydrogen-bond donors (Lipinski definition) is 1. The first kappa shape index (κ1) is 15.3. The lowest BCUT2D eigenvalue weighted by Crippen LogP contribution is -2.44. The average molecular weight is 301 g/mol. The Hall–Kier alpha value is -1.64. The number of carbonyl (C=O) groups is 1. The van der Waals surface area contributed by atoms with Crippen LogP contribution in [0.5, 0.6) is 0 Å². The van der Waals surface area contributed by atoms with E-state index in [-0.39, 0.29) is 23.1 Å². The molecule has 0 saturated heterocycles. The molecule has 0 spiro atoms. The SMILES string of the molecule is CC1(C)Cc2cc(F)ccc2/C(=C/C(=O)C2CCCCC2)N1. The number of fused-ring (bicyclic) bond motifs is 1. The molecule has 2 nitrogen and oxygen atoms in total. The van der Waals surface area contributed by atoms with E-state index in [1.165, 1.54) is 12.5 Å². The van der Waals surface area contributed by atoms with Crippen molar-refractivity contribution in [3.63, 3.8) is 0 Å². The Morgan fingerprint density at radius 1 is 1.27 bits per heavy atom. The first-order valence-corrected chi connectivity index (χ1v) is 8.27. The van der Waals surface area contributed by atoms with Crippen molar-refractivity contribution in [2.24, 2.45) is 5.92 Å². The molecule has 0 bridgehead atoms. The van der Waals surface area contributed by atoms with Gasteiger partial charge in [-0.25, -0.2) is 4.39 Å². The maximum atomic E-state index is 13.5. The fourth-order valence-corrected chi connectivity index (χ4v) is 3.68. The summed E-state index contributed by atoms with van der Waals surface area (Å²) in [5.41, 5.74) is 2.62. The number of hydrogen-bond acceptors (Lipinski definition) is 2. The van der Waals surface area contributed by atoms with Crippen molar-refractivity contribution in [3.8, 4) is 0 Å². The lowest BCUT2D eigenvalue weighted by Gasteiger charge is -2.35. The zero-order chi connectivity index (χ0) is 15.7. The molecule has 0 radical (unpaired) electrons. The van der Waals surface area contributed by atoms with Crippen molar-refractivity contribution in [2.75, 3.05) is 0 Å². The van der Waals surface area contributed by atoms with Crippen LogP contribution in [-0.2, 0) is 11.2 Å². The van der Waals surface area contributed by atoms with Gasteiger partial charge in [-0.2, -0.15) is 0 Å². The van der Waals surface area contributed by atoms with E-state index >= 15 is 0 Å². The summed E-state index contributed by atoms with van der Waals surface area (Å²) >= 11 is 0. The number of rotatable bonds is 2. The lowest BCUT2D eigenvalue weighted by molar-refractivity contribution is -0.119. The largest absolute Gasteiger partial charge is 0.379 e. The maximum absolute atomic E-state index is 13.5. The number of carbonyl (C=O) groups excluding carboxylic acids is 1. The number of halogens is 1. The van der Waals surface area contributed by atoms with Crippen LogP contribution in [0.4, 0.5) is 4.39 Å². The van der Waals surface area contributed by atoms with E-state index in [4.69, 9.17) is 0 Å². The molecule has 118 valence electrons. The van der Waals surface area contributed by atoms with Crippen molar-refractivity contribution in [3.05, 3.63) is 41.2 Å². The summed E-state index contributed by atoms with van der Waals surface area (Å²) < 4.78 is 13.5. The van der Waals surface area contributed by atoms with E-state index in [0.717, 1.165) is 48.9 Å². The minimum Gasteiger partial charge on any atom is -0.379 e. The van der Waals surface area contributed by atoms with Crippen molar-refractivity contribution in [1.29, 1.82) is 0 Å². The van der Waals surface area contributed by atoms with Gasteiger partial charge < -0.3 is 5.32 Å². The van der Waals surface area contributed by atoms with Gasteiger partial charge in [-0.15, -0.1) is 0 Å². The molecule has 0 atom stereocenters. The molecule has 1 saturated carbocycles. The first-order chi connectivity index (χ1) is 10.4. The van der Waals surface area contributed by atoms with E-state index in [1.54, 1.807) is 18.2 Å².